The van der Waals surface area contributed by atoms with E-state index in [-0.39, 0.29) is 60.3 Å². The smallest absolute Gasteiger partial charge is 0.383 e. The zero-order chi connectivity index (χ0) is 24.1. The van der Waals surface area contributed by atoms with E-state index < -0.39 is 46.4 Å². The van der Waals surface area contributed by atoms with Crippen LogP contribution in [0.5, 0.6) is 0 Å². The lowest BCUT2D eigenvalue weighted by Gasteiger charge is -2.22. The molecule has 2 rings (SSSR count). The molecule has 1 aromatic rings. The molecule has 186 valence electrons. The average molecular weight is 524 g/mol. The monoisotopic (exact) mass is 523 g/mol. The van der Waals surface area contributed by atoms with Crippen LogP contribution in [0.4, 0.5) is 5.82 Å². The molecule has 16 heteroatoms. The Labute approximate surface area is 208 Å². The van der Waals surface area contributed by atoms with E-state index >= 15 is 0 Å². The molecule has 5 atom stereocenters. The summed E-state index contributed by atoms with van der Waals surface area (Å²) in [6.07, 6.45) is -1.84. The molecule has 1 aliphatic rings. The van der Waals surface area contributed by atoms with Crippen molar-refractivity contribution >= 4 is 44.5 Å². The molecular formula is C17H31MgN3O10P2. The van der Waals surface area contributed by atoms with Gasteiger partial charge in [0.1, 0.15) is 24.3 Å². The first-order valence-electron chi connectivity index (χ1n) is 10.1. The molecule has 33 heavy (non-hydrogen) atoms. The van der Waals surface area contributed by atoms with Crippen LogP contribution in [0.1, 0.15) is 40.3 Å². The highest BCUT2D eigenvalue weighted by Crippen LogP contribution is 2.50. The van der Waals surface area contributed by atoms with Gasteiger partial charge in [0.25, 0.3) is 0 Å². The second kappa shape index (κ2) is 13.1. The van der Waals surface area contributed by atoms with Crippen LogP contribution in [-0.4, -0.2) is 74.4 Å². The molecule has 2 radical (unpaired) electrons. The SMILES string of the molecule is CC(C)COP(=O)(O)OC[C@H]1O[C@@H](n2ccc(N)nc2=O)C[C@@H]1OP(=O)(O)OCC(C)C.[Mg]. The summed E-state index contributed by atoms with van der Waals surface area (Å²) in [5, 5.41) is 0. The van der Waals surface area contributed by atoms with Crippen molar-refractivity contribution in [2.75, 3.05) is 25.6 Å². The van der Waals surface area contributed by atoms with Gasteiger partial charge in [0.05, 0.1) is 19.8 Å². The van der Waals surface area contributed by atoms with Gasteiger partial charge >= 0.3 is 21.3 Å². The largest absolute Gasteiger partial charge is 0.472 e. The lowest BCUT2D eigenvalue weighted by molar-refractivity contribution is -0.0473. The molecule has 0 amide bonds. The molecule has 0 aliphatic carbocycles. The summed E-state index contributed by atoms with van der Waals surface area (Å²) in [5.74, 6) is -0.0171. The van der Waals surface area contributed by atoms with E-state index in [0.29, 0.717) is 0 Å². The third kappa shape index (κ3) is 10.4. The van der Waals surface area contributed by atoms with Gasteiger partial charge in [-0.3, -0.25) is 22.7 Å². The van der Waals surface area contributed by atoms with E-state index in [1.54, 1.807) is 27.7 Å². The fourth-order valence-corrected chi connectivity index (χ4v) is 4.68. The Kier molecular flexibility index (Phi) is 12.1. The molecule has 13 nitrogen and oxygen atoms in total. The number of hydrogen-bond donors (Lipinski definition) is 3. The van der Waals surface area contributed by atoms with Gasteiger partial charge in [-0.05, 0) is 17.9 Å². The Balaban J connectivity index is 0.00000544. The second-order valence-corrected chi connectivity index (χ2v) is 11.0. The van der Waals surface area contributed by atoms with Gasteiger partial charge in [-0.1, -0.05) is 27.7 Å². The quantitative estimate of drug-likeness (QED) is 0.267. The first kappa shape index (κ1) is 30.7. The molecule has 0 bridgehead atoms. The molecule has 2 unspecified atom stereocenters. The van der Waals surface area contributed by atoms with Crippen LogP contribution in [0, 0.1) is 11.8 Å². The molecular weight excluding hydrogens is 492 g/mol. The summed E-state index contributed by atoms with van der Waals surface area (Å²) in [7, 11) is -8.89. The van der Waals surface area contributed by atoms with Crippen molar-refractivity contribution in [2.45, 2.75) is 52.6 Å². The third-order valence-electron chi connectivity index (χ3n) is 4.15. The number of nitrogens with two attached hydrogens (primary N) is 1. The minimum absolute atomic E-state index is 0. The van der Waals surface area contributed by atoms with E-state index in [4.69, 9.17) is 28.6 Å². The number of nitrogens with zero attached hydrogens (tertiary/aromatic N) is 2. The van der Waals surface area contributed by atoms with Gasteiger partial charge in [0, 0.05) is 35.7 Å². The van der Waals surface area contributed by atoms with E-state index in [9.17, 15) is 23.7 Å². The number of hydrogen-bond acceptors (Lipinski definition) is 10. The number of ether oxygens (including phenoxy) is 1. The van der Waals surface area contributed by atoms with Crippen molar-refractivity contribution in [2.24, 2.45) is 11.8 Å². The van der Waals surface area contributed by atoms with Gasteiger partial charge in [-0.2, -0.15) is 4.98 Å². The lowest BCUT2D eigenvalue weighted by atomic mass is 10.2. The van der Waals surface area contributed by atoms with Crippen molar-refractivity contribution in [3.05, 3.63) is 22.7 Å². The average Bonchev–Trinajstić information content (AvgIpc) is 3.05. The molecule has 1 aromatic heterocycles. The van der Waals surface area contributed by atoms with Crippen molar-refractivity contribution in [1.29, 1.82) is 0 Å². The van der Waals surface area contributed by atoms with E-state index in [0.717, 1.165) is 4.57 Å². The predicted molar refractivity (Wildman–Crippen MR) is 119 cm³/mol. The number of phosphoric acid groups is 2. The molecule has 1 fully saturated rings. The topological polar surface area (TPSA) is 182 Å². The van der Waals surface area contributed by atoms with Gasteiger partial charge in [-0.25, -0.2) is 13.9 Å². The van der Waals surface area contributed by atoms with Crippen LogP contribution in [0.15, 0.2) is 17.1 Å². The number of nitrogen functional groups attached to an aromatic ring is 1. The molecule has 1 saturated heterocycles. The Bertz CT molecular complexity index is 915. The summed E-state index contributed by atoms with van der Waals surface area (Å²) >= 11 is 0. The normalized spacial score (nSPS) is 24.4. The zero-order valence-corrected chi connectivity index (χ0v) is 22.3. The van der Waals surface area contributed by atoms with E-state index in [2.05, 4.69) is 4.98 Å². The minimum Gasteiger partial charge on any atom is -0.383 e. The molecule has 0 spiro atoms. The number of aromatic nitrogens is 2. The summed E-state index contributed by atoms with van der Waals surface area (Å²) in [4.78, 5) is 35.7. The maximum absolute atomic E-state index is 12.3. The predicted octanol–water partition coefficient (Wildman–Crippen LogP) is 1.68. The lowest BCUT2D eigenvalue weighted by Crippen LogP contribution is -2.29. The van der Waals surface area contributed by atoms with Crippen molar-refractivity contribution in [3.8, 4) is 0 Å². The van der Waals surface area contributed by atoms with Gasteiger partial charge < -0.3 is 20.3 Å². The number of rotatable bonds is 12. The zero-order valence-electron chi connectivity index (χ0n) is 19.1. The van der Waals surface area contributed by atoms with Gasteiger partial charge in [0.2, 0.25) is 0 Å². The highest BCUT2D eigenvalue weighted by molar-refractivity contribution is 7.47. The summed E-state index contributed by atoms with van der Waals surface area (Å²) < 4.78 is 51.4. The van der Waals surface area contributed by atoms with Gasteiger partial charge in [0.15, 0.2) is 0 Å². The van der Waals surface area contributed by atoms with Crippen LogP contribution >= 0.6 is 15.6 Å². The van der Waals surface area contributed by atoms with Crippen LogP contribution in [0.2, 0.25) is 0 Å². The first-order valence-corrected chi connectivity index (χ1v) is 13.0. The summed E-state index contributed by atoms with van der Waals surface area (Å²) in [5.41, 5.74) is 4.80. The van der Waals surface area contributed by atoms with E-state index in [1.165, 1.54) is 12.3 Å². The Morgan fingerprint density at radius 1 is 1.15 bits per heavy atom. The van der Waals surface area contributed by atoms with Crippen molar-refractivity contribution < 1.29 is 41.7 Å². The third-order valence-corrected chi connectivity index (χ3v) is 6.12. The summed E-state index contributed by atoms with van der Waals surface area (Å²) in [6.45, 7) is 6.63. The maximum atomic E-state index is 12.3. The van der Waals surface area contributed by atoms with E-state index in [1.807, 2.05) is 0 Å². The van der Waals surface area contributed by atoms with Crippen LogP contribution in [0.3, 0.4) is 0 Å². The van der Waals surface area contributed by atoms with Crippen LogP contribution in [-0.2, 0) is 32.0 Å². The molecule has 0 saturated carbocycles. The summed E-state index contributed by atoms with van der Waals surface area (Å²) in [6, 6.07) is 1.38. The fourth-order valence-electron chi connectivity index (χ4n) is 2.67. The standard InChI is InChI=1S/C17H31N3O10P2.Mg/c1-11(2)8-26-31(22,23)28-10-14-13(30-32(24,25)27-9-12(3)4)7-16(29-14)20-6-5-15(18)19-17(20)21;/h5-6,11-14,16H,7-10H2,1-4H3,(H,22,23)(H,24,25)(H2,18,19,21);/t13-,14+,16+;/m0./s1. The highest BCUT2D eigenvalue weighted by Gasteiger charge is 2.43. The Hall–Kier alpha value is -0.374. The molecule has 0 aromatic carbocycles. The maximum Gasteiger partial charge on any atom is 0.472 e. The minimum atomic E-state index is -4.48. The second-order valence-electron chi connectivity index (χ2n) is 8.16. The van der Waals surface area contributed by atoms with Crippen molar-refractivity contribution in [3.63, 3.8) is 0 Å². The Morgan fingerprint density at radius 2 is 1.73 bits per heavy atom. The van der Waals surface area contributed by atoms with Gasteiger partial charge in [-0.15, -0.1) is 0 Å². The molecule has 2 heterocycles. The first-order chi connectivity index (χ1) is 14.8. The number of anilines is 1. The van der Waals surface area contributed by atoms with Crippen molar-refractivity contribution in [1.82, 2.24) is 9.55 Å². The molecule has 1 aliphatic heterocycles. The Morgan fingerprint density at radius 3 is 2.27 bits per heavy atom. The van der Waals surface area contributed by atoms with Crippen LogP contribution < -0.4 is 11.4 Å². The van der Waals surface area contributed by atoms with Crippen LogP contribution in [0.25, 0.3) is 0 Å². The number of phosphoric ester groups is 2. The highest BCUT2D eigenvalue weighted by atomic mass is 31.2. The fraction of sp³-hybridized carbons (Fsp3) is 0.765. The molecule has 4 N–H and O–H groups in total.